The van der Waals surface area contributed by atoms with Gasteiger partial charge in [-0.3, -0.25) is 4.79 Å². The lowest BCUT2D eigenvalue weighted by molar-refractivity contribution is -0.123. The average molecular weight is 233 g/mol. The molecule has 0 aliphatic rings. The van der Waals surface area contributed by atoms with E-state index in [0.717, 1.165) is 23.3 Å². The predicted octanol–water partition coefficient (Wildman–Crippen LogP) is 2.37. The number of hydrogen-bond donors (Lipinski definition) is 1. The Morgan fingerprint density at radius 2 is 2.24 bits per heavy atom. The van der Waals surface area contributed by atoms with Gasteiger partial charge < -0.3 is 10.1 Å². The number of ether oxygens (including phenoxy) is 1. The summed E-state index contributed by atoms with van der Waals surface area (Å²) in [4.78, 5) is 11.4. The van der Waals surface area contributed by atoms with E-state index in [2.05, 4.69) is 11.9 Å². The van der Waals surface area contributed by atoms with Gasteiger partial charge in [-0.2, -0.15) is 0 Å². The second-order valence-corrected chi connectivity index (χ2v) is 3.98. The molecule has 0 aliphatic carbocycles. The fourth-order valence-electron chi connectivity index (χ4n) is 1.37. The maximum atomic E-state index is 11.4. The zero-order valence-corrected chi connectivity index (χ0v) is 10.5. The maximum absolute atomic E-state index is 11.4. The highest BCUT2D eigenvalue weighted by Crippen LogP contribution is 2.18. The molecule has 92 valence electrons. The summed E-state index contributed by atoms with van der Waals surface area (Å²) in [5.74, 6) is 0.664. The van der Waals surface area contributed by atoms with E-state index < -0.39 is 0 Å². The van der Waals surface area contributed by atoms with Crippen LogP contribution in [0.4, 0.5) is 0 Å². The highest BCUT2D eigenvalue weighted by Gasteiger charge is 2.04. The summed E-state index contributed by atoms with van der Waals surface area (Å²) in [5.41, 5.74) is 2.16. The summed E-state index contributed by atoms with van der Waals surface area (Å²) in [6, 6.07) is 5.94. The molecule has 1 aromatic carbocycles. The van der Waals surface area contributed by atoms with Crippen LogP contribution in [0.15, 0.2) is 30.9 Å². The minimum absolute atomic E-state index is 0.0570. The van der Waals surface area contributed by atoms with Gasteiger partial charge in [0.05, 0.1) is 0 Å². The Morgan fingerprint density at radius 3 is 2.94 bits per heavy atom. The van der Waals surface area contributed by atoms with Gasteiger partial charge in [0.2, 0.25) is 0 Å². The topological polar surface area (TPSA) is 38.3 Å². The lowest BCUT2D eigenvalue weighted by atomic mass is 10.1. The Labute approximate surface area is 102 Å². The van der Waals surface area contributed by atoms with Crippen molar-refractivity contribution in [3.63, 3.8) is 0 Å². The maximum Gasteiger partial charge on any atom is 0.257 e. The second-order valence-electron chi connectivity index (χ2n) is 3.98. The number of carbonyl (C=O) groups excluding carboxylic acids is 1. The zero-order chi connectivity index (χ0) is 12.7. The van der Waals surface area contributed by atoms with Crippen LogP contribution < -0.4 is 10.1 Å². The summed E-state index contributed by atoms with van der Waals surface area (Å²) in [6.07, 6.45) is 2.54. The molecular formula is C14H19NO2. The molecule has 3 heteroatoms. The lowest BCUT2D eigenvalue weighted by Crippen LogP contribution is -2.29. The quantitative estimate of drug-likeness (QED) is 0.605. The molecule has 0 unspecified atom stereocenters. The van der Waals surface area contributed by atoms with Crippen molar-refractivity contribution in [2.45, 2.75) is 20.3 Å². The Bertz CT molecular complexity index is 399. The number of hydrogen-bond acceptors (Lipinski definition) is 2. The molecule has 1 N–H and O–H groups in total. The van der Waals surface area contributed by atoms with Gasteiger partial charge in [0.25, 0.3) is 5.91 Å². The van der Waals surface area contributed by atoms with Crippen LogP contribution in [-0.2, 0) is 4.79 Å². The third-order valence-electron chi connectivity index (χ3n) is 2.37. The van der Waals surface area contributed by atoms with Crippen molar-refractivity contribution in [3.05, 3.63) is 42.0 Å². The highest BCUT2D eigenvalue weighted by molar-refractivity contribution is 5.77. The summed E-state index contributed by atoms with van der Waals surface area (Å²) < 4.78 is 5.47. The number of benzene rings is 1. The zero-order valence-electron chi connectivity index (χ0n) is 10.5. The van der Waals surface area contributed by atoms with E-state index in [0.29, 0.717) is 6.54 Å². The summed E-state index contributed by atoms with van der Waals surface area (Å²) in [7, 11) is 0. The summed E-state index contributed by atoms with van der Waals surface area (Å²) >= 11 is 0. The monoisotopic (exact) mass is 233 g/mol. The minimum atomic E-state index is -0.104. The van der Waals surface area contributed by atoms with Crippen LogP contribution in [0, 0.1) is 13.8 Å². The Kier molecular flexibility index (Phi) is 5.27. The minimum Gasteiger partial charge on any atom is -0.483 e. The van der Waals surface area contributed by atoms with Gasteiger partial charge in [-0.25, -0.2) is 0 Å². The molecule has 0 aliphatic heterocycles. The Balaban J connectivity index is 2.41. The van der Waals surface area contributed by atoms with Crippen LogP contribution in [0.5, 0.6) is 5.75 Å². The van der Waals surface area contributed by atoms with Gasteiger partial charge in [-0.05, 0) is 37.5 Å². The van der Waals surface area contributed by atoms with Gasteiger partial charge in [-0.15, -0.1) is 6.58 Å². The van der Waals surface area contributed by atoms with Gasteiger partial charge in [0.15, 0.2) is 6.61 Å². The van der Waals surface area contributed by atoms with E-state index in [1.54, 1.807) is 6.08 Å². The van der Waals surface area contributed by atoms with Gasteiger partial charge in [-0.1, -0.05) is 18.2 Å². The van der Waals surface area contributed by atoms with E-state index in [1.165, 1.54) is 0 Å². The Morgan fingerprint density at radius 1 is 1.47 bits per heavy atom. The van der Waals surface area contributed by atoms with Crippen molar-refractivity contribution >= 4 is 5.91 Å². The van der Waals surface area contributed by atoms with E-state index in [9.17, 15) is 4.79 Å². The molecular weight excluding hydrogens is 214 g/mol. The number of nitrogens with one attached hydrogen (secondary N) is 1. The number of aryl methyl sites for hydroxylation is 2. The fraction of sp³-hybridized carbons (Fsp3) is 0.357. The van der Waals surface area contributed by atoms with E-state index in [1.807, 2.05) is 32.0 Å². The first-order valence-electron chi connectivity index (χ1n) is 5.71. The molecule has 0 heterocycles. The summed E-state index contributed by atoms with van der Waals surface area (Å²) in [6.45, 7) is 8.22. The van der Waals surface area contributed by atoms with Crippen molar-refractivity contribution in [1.29, 1.82) is 0 Å². The Hall–Kier alpha value is -1.77. The first-order valence-corrected chi connectivity index (χ1v) is 5.71. The lowest BCUT2D eigenvalue weighted by Gasteiger charge is -2.09. The normalized spacial score (nSPS) is 9.76. The number of carbonyl (C=O) groups is 1. The van der Waals surface area contributed by atoms with Crippen LogP contribution in [0.25, 0.3) is 0 Å². The third kappa shape index (κ3) is 4.72. The van der Waals surface area contributed by atoms with Gasteiger partial charge >= 0.3 is 0 Å². The molecule has 0 bridgehead atoms. The molecule has 1 aromatic rings. The molecule has 1 amide bonds. The van der Waals surface area contributed by atoms with Crippen LogP contribution in [-0.4, -0.2) is 19.1 Å². The van der Waals surface area contributed by atoms with Crippen LogP contribution >= 0.6 is 0 Å². The fourth-order valence-corrected chi connectivity index (χ4v) is 1.37. The summed E-state index contributed by atoms with van der Waals surface area (Å²) in [5, 5.41) is 2.75. The molecule has 0 atom stereocenters. The molecule has 0 radical (unpaired) electrons. The van der Waals surface area contributed by atoms with Crippen LogP contribution in [0.2, 0.25) is 0 Å². The van der Waals surface area contributed by atoms with E-state index in [4.69, 9.17) is 4.74 Å². The van der Waals surface area contributed by atoms with Crippen LogP contribution in [0.3, 0.4) is 0 Å². The van der Waals surface area contributed by atoms with Crippen molar-refractivity contribution in [2.24, 2.45) is 0 Å². The van der Waals surface area contributed by atoms with E-state index >= 15 is 0 Å². The first kappa shape index (κ1) is 13.3. The van der Waals surface area contributed by atoms with Crippen molar-refractivity contribution in [3.8, 4) is 5.75 Å². The molecule has 0 saturated carbocycles. The molecule has 17 heavy (non-hydrogen) atoms. The van der Waals surface area contributed by atoms with Crippen molar-refractivity contribution < 1.29 is 9.53 Å². The van der Waals surface area contributed by atoms with Gasteiger partial charge in [0.1, 0.15) is 5.75 Å². The molecule has 0 aromatic heterocycles. The smallest absolute Gasteiger partial charge is 0.257 e. The number of rotatable bonds is 6. The third-order valence-corrected chi connectivity index (χ3v) is 2.37. The van der Waals surface area contributed by atoms with Crippen molar-refractivity contribution in [1.82, 2.24) is 5.32 Å². The van der Waals surface area contributed by atoms with E-state index in [-0.39, 0.29) is 12.5 Å². The largest absolute Gasteiger partial charge is 0.483 e. The molecule has 0 fully saturated rings. The molecule has 1 rings (SSSR count). The second kappa shape index (κ2) is 6.74. The van der Waals surface area contributed by atoms with Gasteiger partial charge in [0, 0.05) is 6.54 Å². The average Bonchev–Trinajstić information content (AvgIpc) is 2.31. The predicted molar refractivity (Wildman–Crippen MR) is 69.2 cm³/mol. The highest BCUT2D eigenvalue weighted by atomic mass is 16.5. The molecule has 0 spiro atoms. The molecule has 3 nitrogen and oxygen atoms in total. The van der Waals surface area contributed by atoms with Crippen LogP contribution in [0.1, 0.15) is 17.5 Å². The van der Waals surface area contributed by atoms with Crippen molar-refractivity contribution in [2.75, 3.05) is 13.2 Å². The number of amides is 1. The standard InChI is InChI=1S/C14H19NO2/c1-4-5-8-15-14(16)10-17-13-9-11(2)6-7-12(13)3/h4,6-7,9H,1,5,8,10H2,2-3H3,(H,15,16). The SMILES string of the molecule is C=CCCNC(=O)COc1cc(C)ccc1C. The molecule has 0 saturated heterocycles. The first-order chi connectivity index (χ1) is 8.13.